The van der Waals surface area contributed by atoms with Crippen LogP contribution in [0.4, 0.5) is 0 Å². The molecule has 1 atom stereocenters. The van der Waals surface area contributed by atoms with Gasteiger partial charge in [-0.25, -0.2) is 4.98 Å². The number of carbonyl (C=O) groups is 1. The van der Waals surface area contributed by atoms with Gasteiger partial charge in [-0.2, -0.15) is 0 Å². The molecule has 0 saturated carbocycles. The summed E-state index contributed by atoms with van der Waals surface area (Å²) in [6, 6.07) is 13.3. The molecule has 7 heteroatoms. The van der Waals surface area contributed by atoms with Crippen LogP contribution in [-0.2, 0) is 22.7 Å². The summed E-state index contributed by atoms with van der Waals surface area (Å²) in [4.78, 5) is 15.9. The highest BCUT2D eigenvalue weighted by Crippen LogP contribution is 2.30. The average molecular weight is 472 g/mol. The first-order valence-corrected chi connectivity index (χ1v) is 11.4. The van der Waals surface area contributed by atoms with E-state index in [0.717, 1.165) is 29.5 Å². The van der Waals surface area contributed by atoms with E-state index >= 15 is 0 Å². The van der Waals surface area contributed by atoms with Crippen molar-refractivity contribution in [1.29, 1.82) is 0 Å². The SMILES string of the molecule is CCCCNC(=O)/C=C/c1ccc(COC(Cn2ccnc2)c2ccc(Cl)cc2Cl)cc1. The summed E-state index contributed by atoms with van der Waals surface area (Å²) < 4.78 is 8.20. The van der Waals surface area contributed by atoms with Gasteiger partial charge >= 0.3 is 0 Å². The predicted molar refractivity (Wildman–Crippen MR) is 130 cm³/mol. The van der Waals surface area contributed by atoms with E-state index in [0.29, 0.717) is 29.7 Å². The second-order valence-corrected chi connectivity index (χ2v) is 8.29. The first-order chi connectivity index (χ1) is 15.5. The van der Waals surface area contributed by atoms with Gasteiger partial charge in [-0.05, 0) is 35.8 Å². The summed E-state index contributed by atoms with van der Waals surface area (Å²) in [6.07, 6.45) is 10.5. The minimum absolute atomic E-state index is 0.0759. The van der Waals surface area contributed by atoms with Crippen molar-refractivity contribution in [2.24, 2.45) is 0 Å². The molecule has 5 nitrogen and oxygen atoms in total. The molecule has 3 rings (SSSR count). The van der Waals surface area contributed by atoms with Crippen molar-refractivity contribution in [3.63, 3.8) is 0 Å². The molecular weight excluding hydrogens is 445 g/mol. The highest BCUT2D eigenvalue weighted by molar-refractivity contribution is 6.35. The molecule has 32 heavy (non-hydrogen) atoms. The molecule has 1 aromatic heterocycles. The second-order valence-electron chi connectivity index (χ2n) is 7.44. The van der Waals surface area contributed by atoms with Crippen LogP contribution in [-0.4, -0.2) is 22.0 Å². The molecule has 2 aromatic carbocycles. The van der Waals surface area contributed by atoms with E-state index in [1.807, 2.05) is 47.2 Å². The number of halogens is 2. The number of imidazole rings is 1. The molecule has 0 spiro atoms. The molecular formula is C25H27Cl2N3O2. The molecule has 3 aromatic rings. The monoisotopic (exact) mass is 471 g/mol. The lowest BCUT2D eigenvalue weighted by Gasteiger charge is -2.20. The molecule has 0 bridgehead atoms. The number of benzene rings is 2. The fourth-order valence-corrected chi connectivity index (χ4v) is 3.66. The summed E-state index contributed by atoms with van der Waals surface area (Å²) in [5.74, 6) is -0.0759. The molecule has 0 aliphatic heterocycles. The number of unbranched alkanes of at least 4 members (excludes halogenated alkanes) is 1. The largest absolute Gasteiger partial charge is 0.367 e. The maximum absolute atomic E-state index is 11.8. The lowest BCUT2D eigenvalue weighted by Crippen LogP contribution is -2.21. The molecule has 1 unspecified atom stereocenters. The number of rotatable bonds is 11. The molecule has 0 fully saturated rings. The molecule has 1 N–H and O–H groups in total. The number of ether oxygens (including phenoxy) is 1. The van der Waals surface area contributed by atoms with Gasteiger partial charge in [-0.1, -0.05) is 66.9 Å². The standard InChI is InChI=1S/C25H27Cl2N3O2/c1-2-3-12-29-25(31)11-8-19-4-6-20(7-5-19)17-32-24(16-30-14-13-28-18-30)22-10-9-21(26)15-23(22)27/h4-11,13-15,18,24H,2-3,12,16-17H2,1H3,(H,29,31)/b11-8+. The van der Waals surface area contributed by atoms with Crippen LogP contribution in [0.15, 0.2) is 67.3 Å². The van der Waals surface area contributed by atoms with Crippen LogP contribution in [0.2, 0.25) is 10.0 Å². The number of nitrogens with one attached hydrogen (secondary N) is 1. The number of carbonyl (C=O) groups excluding carboxylic acids is 1. The Labute approximate surface area is 199 Å². The second kappa shape index (κ2) is 12.4. The maximum atomic E-state index is 11.8. The Bertz CT molecular complexity index is 1020. The Morgan fingerprint density at radius 2 is 2.03 bits per heavy atom. The van der Waals surface area contributed by atoms with Crippen LogP contribution in [0, 0.1) is 0 Å². The van der Waals surface area contributed by atoms with E-state index < -0.39 is 0 Å². The highest BCUT2D eigenvalue weighted by Gasteiger charge is 2.17. The maximum Gasteiger partial charge on any atom is 0.243 e. The van der Waals surface area contributed by atoms with E-state index in [9.17, 15) is 4.79 Å². The molecule has 0 saturated heterocycles. The van der Waals surface area contributed by atoms with E-state index in [4.69, 9.17) is 27.9 Å². The summed E-state index contributed by atoms with van der Waals surface area (Å²) in [6.45, 7) is 3.79. The van der Waals surface area contributed by atoms with Crippen molar-refractivity contribution in [1.82, 2.24) is 14.9 Å². The number of amides is 1. The van der Waals surface area contributed by atoms with Gasteiger partial charge in [0, 0.05) is 40.6 Å². The van der Waals surface area contributed by atoms with Crippen LogP contribution in [0.3, 0.4) is 0 Å². The first kappa shape index (κ1) is 24.1. The molecule has 1 heterocycles. The van der Waals surface area contributed by atoms with Crippen molar-refractivity contribution in [2.75, 3.05) is 6.54 Å². The zero-order chi connectivity index (χ0) is 22.8. The fraction of sp³-hybridized carbons (Fsp3) is 0.280. The number of aromatic nitrogens is 2. The molecule has 0 aliphatic carbocycles. The van der Waals surface area contributed by atoms with Crippen LogP contribution < -0.4 is 5.32 Å². The quantitative estimate of drug-likeness (QED) is 0.272. The van der Waals surface area contributed by atoms with Crippen molar-refractivity contribution in [3.05, 3.63) is 94.0 Å². The zero-order valence-corrected chi connectivity index (χ0v) is 19.5. The first-order valence-electron chi connectivity index (χ1n) is 10.6. The van der Waals surface area contributed by atoms with Crippen molar-refractivity contribution in [3.8, 4) is 0 Å². The third-order valence-corrected chi connectivity index (χ3v) is 5.50. The van der Waals surface area contributed by atoms with Gasteiger partial charge in [-0.15, -0.1) is 0 Å². The Balaban J connectivity index is 1.62. The van der Waals surface area contributed by atoms with E-state index in [2.05, 4.69) is 17.2 Å². The molecule has 0 aliphatic rings. The number of nitrogens with zero attached hydrogens (tertiary/aromatic N) is 2. The van der Waals surface area contributed by atoms with Crippen LogP contribution in [0.1, 0.15) is 42.6 Å². The summed E-state index contributed by atoms with van der Waals surface area (Å²) in [5, 5.41) is 4.02. The minimum Gasteiger partial charge on any atom is -0.367 e. The topological polar surface area (TPSA) is 56.1 Å². The number of hydrogen-bond acceptors (Lipinski definition) is 3. The molecule has 1 amide bonds. The van der Waals surface area contributed by atoms with Gasteiger partial charge in [0.25, 0.3) is 0 Å². The lowest BCUT2D eigenvalue weighted by atomic mass is 10.1. The smallest absolute Gasteiger partial charge is 0.243 e. The molecule has 0 radical (unpaired) electrons. The van der Waals surface area contributed by atoms with Gasteiger partial charge in [0.1, 0.15) is 6.10 Å². The van der Waals surface area contributed by atoms with Crippen molar-refractivity contribution in [2.45, 2.75) is 39.0 Å². The van der Waals surface area contributed by atoms with Crippen LogP contribution in [0.25, 0.3) is 6.08 Å². The van der Waals surface area contributed by atoms with E-state index in [-0.39, 0.29) is 12.0 Å². The van der Waals surface area contributed by atoms with E-state index in [1.54, 1.807) is 30.7 Å². The number of hydrogen-bond donors (Lipinski definition) is 1. The summed E-state index contributed by atoms with van der Waals surface area (Å²) >= 11 is 12.5. The van der Waals surface area contributed by atoms with Gasteiger partial charge in [0.2, 0.25) is 5.91 Å². The fourth-order valence-electron chi connectivity index (χ4n) is 3.13. The predicted octanol–water partition coefficient (Wildman–Crippen LogP) is 6.08. The van der Waals surface area contributed by atoms with Gasteiger partial charge in [-0.3, -0.25) is 4.79 Å². The van der Waals surface area contributed by atoms with E-state index in [1.165, 1.54) is 0 Å². The average Bonchev–Trinajstić information content (AvgIpc) is 3.29. The summed E-state index contributed by atoms with van der Waals surface area (Å²) in [5.41, 5.74) is 2.85. The normalized spacial score (nSPS) is 12.2. The Hall–Kier alpha value is -2.60. The Morgan fingerprint density at radius 1 is 1.22 bits per heavy atom. The minimum atomic E-state index is -0.264. The Kier molecular flexibility index (Phi) is 9.35. The molecule has 168 valence electrons. The highest BCUT2D eigenvalue weighted by atomic mass is 35.5. The van der Waals surface area contributed by atoms with Gasteiger partial charge in [0.05, 0.1) is 19.5 Å². The van der Waals surface area contributed by atoms with Crippen molar-refractivity contribution < 1.29 is 9.53 Å². The van der Waals surface area contributed by atoms with Gasteiger partial charge < -0.3 is 14.6 Å². The Morgan fingerprint density at radius 3 is 2.72 bits per heavy atom. The third kappa shape index (κ3) is 7.52. The van der Waals surface area contributed by atoms with Crippen LogP contribution >= 0.6 is 23.2 Å². The summed E-state index contributed by atoms with van der Waals surface area (Å²) in [7, 11) is 0. The van der Waals surface area contributed by atoms with Gasteiger partial charge in [0.15, 0.2) is 0 Å². The van der Waals surface area contributed by atoms with Crippen molar-refractivity contribution >= 4 is 35.2 Å². The third-order valence-electron chi connectivity index (χ3n) is 4.93. The lowest BCUT2D eigenvalue weighted by molar-refractivity contribution is -0.116. The zero-order valence-electron chi connectivity index (χ0n) is 18.0. The van der Waals surface area contributed by atoms with Crippen LogP contribution in [0.5, 0.6) is 0 Å².